The summed E-state index contributed by atoms with van der Waals surface area (Å²) in [6.07, 6.45) is 2.86. The van der Waals surface area contributed by atoms with E-state index in [9.17, 15) is 5.11 Å². The van der Waals surface area contributed by atoms with Gasteiger partial charge in [-0.3, -0.25) is 0 Å². The lowest BCUT2D eigenvalue weighted by molar-refractivity contribution is -0.0166. The fourth-order valence-corrected chi connectivity index (χ4v) is 3.62. The van der Waals surface area contributed by atoms with E-state index in [1.54, 1.807) is 7.11 Å². The van der Waals surface area contributed by atoms with Crippen molar-refractivity contribution in [3.63, 3.8) is 0 Å². The number of aliphatic hydroxyl groups is 1. The summed E-state index contributed by atoms with van der Waals surface area (Å²) in [5.74, 6) is 0.884. The molecular formula is C21H29NO3. The predicted molar refractivity (Wildman–Crippen MR) is 101 cm³/mol. The fraction of sp³-hybridized carbons (Fsp3) is 0.524. The minimum absolute atomic E-state index is 0.0457. The van der Waals surface area contributed by atoms with Crippen LogP contribution in [0.4, 0.5) is 0 Å². The molecule has 0 aromatic heterocycles. The highest BCUT2D eigenvalue weighted by atomic mass is 16.5. The molecule has 1 atom stereocenters. The summed E-state index contributed by atoms with van der Waals surface area (Å²) >= 11 is 0. The third-order valence-corrected chi connectivity index (χ3v) is 5.49. The smallest absolute Gasteiger partial charge is 0.119 e. The normalized spacial score (nSPS) is 18.2. The number of aliphatic hydroxyl groups excluding tert-OH is 1. The molecule has 0 radical (unpaired) electrons. The summed E-state index contributed by atoms with van der Waals surface area (Å²) < 4.78 is 10.8. The molecule has 1 heterocycles. The monoisotopic (exact) mass is 343 g/mol. The maximum absolute atomic E-state index is 9.88. The number of nitrogens with one attached hydrogen (secondary N) is 1. The van der Waals surface area contributed by atoms with Crippen molar-refractivity contribution in [3.8, 4) is 5.75 Å². The van der Waals surface area contributed by atoms with Gasteiger partial charge in [-0.1, -0.05) is 25.1 Å². The molecule has 1 unspecified atom stereocenters. The van der Waals surface area contributed by atoms with Crippen LogP contribution in [0.3, 0.4) is 0 Å². The van der Waals surface area contributed by atoms with Crippen LogP contribution < -0.4 is 10.1 Å². The van der Waals surface area contributed by atoms with Gasteiger partial charge < -0.3 is 19.9 Å². The number of hydrogen-bond donors (Lipinski definition) is 2. The van der Waals surface area contributed by atoms with Gasteiger partial charge in [0.1, 0.15) is 5.75 Å². The Morgan fingerprint density at radius 2 is 1.88 bits per heavy atom. The minimum atomic E-state index is -0.0457. The van der Waals surface area contributed by atoms with Gasteiger partial charge in [-0.2, -0.15) is 0 Å². The zero-order valence-corrected chi connectivity index (χ0v) is 15.3. The topological polar surface area (TPSA) is 50.7 Å². The van der Waals surface area contributed by atoms with E-state index in [0.29, 0.717) is 0 Å². The fourth-order valence-electron chi connectivity index (χ4n) is 3.62. The molecule has 3 rings (SSSR count). The summed E-state index contributed by atoms with van der Waals surface area (Å²) in [7, 11) is 1.69. The van der Waals surface area contributed by atoms with E-state index in [1.165, 1.54) is 16.3 Å². The standard InChI is InChI=1S/C21H29NO3/c1-3-20(22-14-21(15-23)8-10-25-11-9-21)18-5-4-17-13-19(24-2)7-6-16(17)12-18/h4-7,12-13,20,22-23H,3,8-11,14-15H2,1-2H3. The lowest BCUT2D eigenvalue weighted by atomic mass is 9.80. The highest BCUT2D eigenvalue weighted by molar-refractivity contribution is 5.84. The van der Waals surface area contributed by atoms with Gasteiger partial charge in [0.2, 0.25) is 0 Å². The number of methoxy groups -OCH3 is 1. The van der Waals surface area contributed by atoms with Gasteiger partial charge in [-0.15, -0.1) is 0 Å². The summed E-state index contributed by atoms with van der Waals surface area (Å²) in [5.41, 5.74) is 1.25. The van der Waals surface area contributed by atoms with Gasteiger partial charge in [0.05, 0.1) is 13.7 Å². The Morgan fingerprint density at radius 1 is 1.16 bits per heavy atom. The zero-order chi connectivity index (χ0) is 17.7. The molecule has 0 bridgehead atoms. The van der Waals surface area contributed by atoms with Crippen LogP contribution in [0, 0.1) is 5.41 Å². The molecule has 2 aromatic carbocycles. The molecule has 0 spiro atoms. The van der Waals surface area contributed by atoms with Crippen molar-refractivity contribution in [2.24, 2.45) is 5.41 Å². The van der Waals surface area contributed by atoms with E-state index in [-0.39, 0.29) is 18.1 Å². The summed E-state index contributed by atoms with van der Waals surface area (Å²) in [6.45, 7) is 4.74. The zero-order valence-electron chi connectivity index (χ0n) is 15.3. The van der Waals surface area contributed by atoms with Crippen molar-refractivity contribution >= 4 is 10.8 Å². The molecule has 2 N–H and O–H groups in total. The molecule has 1 aliphatic rings. The molecule has 1 saturated heterocycles. The Morgan fingerprint density at radius 3 is 2.56 bits per heavy atom. The van der Waals surface area contributed by atoms with Crippen LogP contribution in [0.15, 0.2) is 36.4 Å². The summed E-state index contributed by atoms with van der Waals surface area (Å²) in [5, 5.41) is 16.0. The maximum Gasteiger partial charge on any atom is 0.119 e. The quantitative estimate of drug-likeness (QED) is 0.805. The molecule has 1 fully saturated rings. The molecule has 0 aliphatic carbocycles. The third-order valence-electron chi connectivity index (χ3n) is 5.49. The lowest BCUT2D eigenvalue weighted by Crippen LogP contribution is -2.42. The van der Waals surface area contributed by atoms with Crippen LogP contribution in [0.1, 0.15) is 37.8 Å². The highest BCUT2D eigenvalue weighted by Gasteiger charge is 2.32. The lowest BCUT2D eigenvalue weighted by Gasteiger charge is -2.37. The number of ether oxygens (including phenoxy) is 2. The van der Waals surface area contributed by atoms with Crippen molar-refractivity contribution in [2.75, 3.05) is 33.5 Å². The Labute approximate surface area is 150 Å². The number of hydrogen-bond acceptors (Lipinski definition) is 4. The first-order valence-electron chi connectivity index (χ1n) is 9.19. The molecule has 4 nitrogen and oxygen atoms in total. The second kappa shape index (κ2) is 8.17. The van der Waals surface area contributed by atoms with Gasteiger partial charge in [-0.25, -0.2) is 0 Å². The summed E-state index contributed by atoms with van der Waals surface area (Å²) in [6, 6.07) is 13.1. The Bertz CT molecular complexity index is 695. The van der Waals surface area contributed by atoms with Crippen LogP contribution >= 0.6 is 0 Å². The van der Waals surface area contributed by atoms with Crippen molar-refractivity contribution < 1.29 is 14.6 Å². The van der Waals surface area contributed by atoms with E-state index in [1.807, 2.05) is 6.07 Å². The average molecular weight is 343 g/mol. The van der Waals surface area contributed by atoms with Crippen molar-refractivity contribution in [1.29, 1.82) is 0 Å². The van der Waals surface area contributed by atoms with Crippen LogP contribution in [0.5, 0.6) is 5.75 Å². The number of fused-ring (bicyclic) bond motifs is 1. The second-order valence-corrected chi connectivity index (χ2v) is 7.08. The van der Waals surface area contributed by atoms with E-state index in [2.05, 4.69) is 42.6 Å². The minimum Gasteiger partial charge on any atom is -0.497 e. The molecule has 0 saturated carbocycles. The van der Waals surface area contributed by atoms with Gasteiger partial charge in [-0.05, 0) is 53.8 Å². The largest absolute Gasteiger partial charge is 0.497 e. The first-order valence-corrected chi connectivity index (χ1v) is 9.19. The van der Waals surface area contributed by atoms with E-state index in [4.69, 9.17) is 9.47 Å². The van der Waals surface area contributed by atoms with Gasteiger partial charge in [0, 0.05) is 31.2 Å². The summed E-state index contributed by atoms with van der Waals surface area (Å²) in [4.78, 5) is 0. The molecular weight excluding hydrogens is 314 g/mol. The molecule has 0 amide bonds. The Hall–Kier alpha value is -1.62. The van der Waals surface area contributed by atoms with Gasteiger partial charge in [0.15, 0.2) is 0 Å². The molecule has 1 aliphatic heterocycles. The first-order chi connectivity index (χ1) is 12.2. The van der Waals surface area contributed by atoms with E-state index in [0.717, 1.165) is 44.8 Å². The average Bonchev–Trinajstić information content (AvgIpc) is 2.68. The van der Waals surface area contributed by atoms with Crippen LogP contribution in [-0.4, -0.2) is 38.6 Å². The van der Waals surface area contributed by atoms with Crippen LogP contribution in [-0.2, 0) is 4.74 Å². The first kappa shape index (κ1) is 18.2. The van der Waals surface area contributed by atoms with Crippen LogP contribution in [0.2, 0.25) is 0 Å². The van der Waals surface area contributed by atoms with Crippen molar-refractivity contribution in [2.45, 2.75) is 32.2 Å². The molecule has 136 valence electrons. The van der Waals surface area contributed by atoms with Crippen molar-refractivity contribution in [1.82, 2.24) is 5.32 Å². The Kier molecular flexibility index (Phi) is 5.94. The van der Waals surface area contributed by atoms with Gasteiger partial charge in [0.25, 0.3) is 0 Å². The molecule has 4 heteroatoms. The SMILES string of the molecule is CCC(NCC1(CO)CCOCC1)c1ccc2cc(OC)ccc2c1. The van der Waals surface area contributed by atoms with E-state index < -0.39 is 0 Å². The van der Waals surface area contributed by atoms with Crippen molar-refractivity contribution in [3.05, 3.63) is 42.0 Å². The maximum atomic E-state index is 9.88. The molecule has 2 aromatic rings. The van der Waals surface area contributed by atoms with Crippen LogP contribution in [0.25, 0.3) is 10.8 Å². The van der Waals surface area contributed by atoms with E-state index >= 15 is 0 Å². The highest BCUT2D eigenvalue weighted by Crippen LogP contribution is 2.31. The third kappa shape index (κ3) is 4.14. The van der Waals surface area contributed by atoms with Gasteiger partial charge >= 0.3 is 0 Å². The predicted octanol–water partition coefficient (Wildman–Crippen LogP) is 3.68. The number of benzene rings is 2. The second-order valence-electron chi connectivity index (χ2n) is 7.08. The Balaban J connectivity index is 1.74. The molecule has 25 heavy (non-hydrogen) atoms. The number of rotatable bonds is 7.